The zero-order valence-corrected chi connectivity index (χ0v) is 11.9. The Morgan fingerprint density at radius 2 is 2.26 bits per heavy atom. The average Bonchev–Trinajstić information content (AvgIpc) is 2.33. The molecule has 1 aromatic rings. The number of ether oxygens (including phenoxy) is 1. The van der Waals surface area contributed by atoms with Gasteiger partial charge in [-0.1, -0.05) is 25.4 Å². The molecule has 0 radical (unpaired) electrons. The van der Waals surface area contributed by atoms with E-state index in [1.54, 1.807) is 0 Å². The number of nitrogens with one attached hydrogen (secondary N) is 1. The standard InChI is InChI=1S/C13H19ClN2O3/c1-9(2)8-19-7-3-6-15-12-10(13(17)18)4-5-11(14)16-12/h4-5,9H,3,6-8H2,1-2H3,(H,15,16)(H,17,18). The molecule has 0 bridgehead atoms. The Morgan fingerprint density at radius 3 is 2.89 bits per heavy atom. The van der Waals surface area contributed by atoms with Crippen molar-refractivity contribution in [3.8, 4) is 0 Å². The fraction of sp³-hybridized carbons (Fsp3) is 0.538. The normalized spacial score (nSPS) is 10.7. The molecule has 1 heterocycles. The second-order valence-electron chi connectivity index (χ2n) is 4.58. The molecule has 6 heteroatoms. The molecule has 0 saturated heterocycles. The number of anilines is 1. The van der Waals surface area contributed by atoms with Gasteiger partial charge in [0.25, 0.3) is 0 Å². The quantitative estimate of drug-likeness (QED) is 0.568. The van der Waals surface area contributed by atoms with Crippen LogP contribution in [0.2, 0.25) is 5.15 Å². The molecule has 0 spiro atoms. The van der Waals surface area contributed by atoms with E-state index in [2.05, 4.69) is 24.1 Å². The summed E-state index contributed by atoms with van der Waals surface area (Å²) in [7, 11) is 0. The molecule has 0 aromatic carbocycles. The van der Waals surface area contributed by atoms with E-state index in [1.165, 1.54) is 12.1 Å². The van der Waals surface area contributed by atoms with Crippen LogP contribution in [0.15, 0.2) is 12.1 Å². The summed E-state index contributed by atoms with van der Waals surface area (Å²) < 4.78 is 5.43. The lowest BCUT2D eigenvalue weighted by atomic mass is 10.2. The van der Waals surface area contributed by atoms with E-state index in [-0.39, 0.29) is 10.7 Å². The molecular formula is C13H19ClN2O3. The molecule has 0 unspecified atom stereocenters. The molecule has 0 aliphatic carbocycles. The maximum atomic E-state index is 11.0. The van der Waals surface area contributed by atoms with Gasteiger partial charge in [-0.25, -0.2) is 9.78 Å². The highest BCUT2D eigenvalue weighted by molar-refractivity contribution is 6.29. The van der Waals surface area contributed by atoms with Crippen molar-refractivity contribution in [3.05, 3.63) is 22.8 Å². The maximum Gasteiger partial charge on any atom is 0.339 e. The van der Waals surface area contributed by atoms with Crippen molar-refractivity contribution in [2.45, 2.75) is 20.3 Å². The van der Waals surface area contributed by atoms with Gasteiger partial charge in [0.15, 0.2) is 0 Å². The summed E-state index contributed by atoms with van der Waals surface area (Å²) >= 11 is 5.75. The number of pyridine rings is 1. The van der Waals surface area contributed by atoms with Crippen LogP contribution in [-0.2, 0) is 4.74 Å². The van der Waals surface area contributed by atoms with Crippen molar-refractivity contribution in [1.82, 2.24) is 4.98 Å². The first-order valence-electron chi connectivity index (χ1n) is 6.22. The Morgan fingerprint density at radius 1 is 1.53 bits per heavy atom. The summed E-state index contributed by atoms with van der Waals surface area (Å²) in [5.41, 5.74) is 0.118. The van der Waals surface area contributed by atoms with Gasteiger partial charge >= 0.3 is 5.97 Å². The third kappa shape index (κ3) is 5.89. The summed E-state index contributed by atoms with van der Waals surface area (Å²) in [4.78, 5) is 15.0. The van der Waals surface area contributed by atoms with Crippen LogP contribution in [0, 0.1) is 5.92 Å². The number of halogens is 1. The highest BCUT2D eigenvalue weighted by Crippen LogP contribution is 2.16. The van der Waals surface area contributed by atoms with E-state index in [9.17, 15) is 4.79 Å². The molecule has 0 aliphatic heterocycles. The molecule has 19 heavy (non-hydrogen) atoms. The first-order valence-corrected chi connectivity index (χ1v) is 6.60. The number of aromatic carboxylic acids is 1. The summed E-state index contributed by atoms with van der Waals surface area (Å²) in [6.07, 6.45) is 0.778. The molecule has 2 N–H and O–H groups in total. The number of aromatic nitrogens is 1. The van der Waals surface area contributed by atoms with Gasteiger partial charge in [-0.3, -0.25) is 0 Å². The molecule has 1 rings (SSSR count). The zero-order chi connectivity index (χ0) is 14.3. The van der Waals surface area contributed by atoms with E-state index < -0.39 is 5.97 Å². The Balaban J connectivity index is 2.40. The predicted octanol–water partition coefficient (Wildman–Crippen LogP) is 2.91. The van der Waals surface area contributed by atoms with Crippen LogP contribution >= 0.6 is 11.6 Å². The molecule has 1 aromatic heterocycles. The minimum atomic E-state index is -1.03. The number of carboxylic acids is 1. The first-order chi connectivity index (χ1) is 9.00. The number of nitrogens with zero attached hydrogens (tertiary/aromatic N) is 1. The van der Waals surface area contributed by atoms with E-state index in [0.29, 0.717) is 24.9 Å². The van der Waals surface area contributed by atoms with E-state index in [0.717, 1.165) is 13.0 Å². The molecule has 5 nitrogen and oxygen atoms in total. The largest absolute Gasteiger partial charge is 0.478 e. The number of carbonyl (C=O) groups is 1. The second kappa shape index (κ2) is 7.96. The van der Waals surface area contributed by atoms with E-state index in [4.69, 9.17) is 21.4 Å². The lowest BCUT2D eigenvalue weighted by Gasteiger charge is -2.10. The van der Waals surface area contributed by atoms with Crippen molar-refractivity contribution < 1.29 is 14.6 Å². The summed E-state index contributed by atoms with van der Waals surface area (Å²) in [5.74, 6) is -0.215. The Bertz CT molecular complexity index is 424. The Labute approximate surface area is 117 Å². The highest BCUT2D eigenvalue weighted by Gasteiger charge is 2.11. The van der Waals surface area contributed by atoms with Gasteiger partial charge in [0, 0.05) is 19.8 Å². The fourth-order valence-electron chi connectivity index (χ4n) is 1.44. The van der Waals surface area contributed by atoms with Crippen molar-refractivity contribution in [2.24, 2.45) is 5.92 Å². The topological polar surface area (TPSA) is 71.5 Å². The molecule has 0 saturated carbocycles. The van der Waals surface area contributed by atoms with Crippen LogP contribution in [0.4, 0.5) is 5.82 Å². The van der Waals surface area contributed by atoms with Crippen LogP contribution in [0.3, 0.4) is 0 Å². The number of hydrogen-bond acceptors (Lipinski definition) is 4. The van der Waals surface area contributed by atoms with Crippen molar-refractivity contribution in [3.63, 3.8) is 0 Å². The maximum absolute atomic E-state index is 11.0. The third-order valence-corrected chi connectivity index (χ3v) is 2.51. The van der Waals surface area contributed by atoms with Crippen LogP contribution in [-0.4, -0.2) is 35.8 Å². The minimum absolute atomic E-state index is 0.118. The van der Waals surface area contributed by atoms with Gasteiger partial charge < -0.3 is 15.2 Å². The SMILES string of the molecule is CC(C)COCCCNc1nc(Cl)ccc1C(=O)O. The fourth-order valence-corrected chi connectivity index (χ4v) is 1.59. The number of rotatable bonds is 8. The highest BCUT2D eigenvalue weighted by atomic mass is 35.5. The Hall–Kier alpha value is -1.33. The number of carboxylic acid groups (broad SMARTS) is 1. The lowest BCUT2D eigenvalue weighted by Crippen LogP contribution is -2.12. The van der Waals surface area contributed by atoms with Gasteiger partial charge in [-0.2, -0.15) is 0 Å². The van der Waals surface area contributed by atoms with Gasteiger partial charge in [-0.15, -0.1) is 0 Å². The van der Waals surface area contributed by atoms with Gasteiger partial charge in [-0.05, 0) is 24.5 Å². The minimum Gasteiger partial charge on any atom is -0.478 e. The monoisotopic (exact) mass is 286 g/mol. The molecule has 0 atom stereocenters. The summed E-state index contributed by atoms with van der Waals surface area (Å²) in [6.45, 7) is 6.14. The van der Waals surface area contributed by atoms with Gasteiger partial charge in [0.2, 0.25) is 0 Å². The molecule has 0 fully saturated rings. The summed E-state index contributed by atoms with van der Waals surface area (Å²) in [5, 5.41) is 12.2. The van der Waals surface area contributed by atoms with Crippen molar-refractivity contribution in [1.29, 1.82) is 0 Å². The Kier molecular flexibility index (Phi) is 6.59. The average molecular weight is 287 g/mol. The van der Waals surface area contributed by atoms with Crippen molar-refractivity contribution in [2.75, 3.05) is 25.1 Å². The first kappa shape index (κ1) is 15.7. The van der Waals surface area contributed by atoms with E-state index in [1.807, 2.05) is 0 Å². The van der Waals surface area contributed by atoms with Gasteiger partial charge in [0.05, 0.1) is 0 Å². The van der Waals surface area contributed by atoms with Gasteiger partial charge in [0.1, 0.15) is 16.5 Å². The van der Waals surface area contributed by atoms with Crippen LogP contribution in [0.1, 0.15) is 30.6 Å². The van der Waals surface area contributed by atoms with Crippen molar-refractivity contribution >= 4 is 23.4 Å². The molecule has 0 amide bonds. The summed E-state index contributed by atoms with van der Waals surface area (Å²) in [6, 6.07) is 2.90. The van der Waals surface area contributed by atoms with Crippen LogP contribution in [0.25, 0.3) is 0 Å². The molecule has 0 aliphatic rings. The van der Waals surface area contributed by atoms with Crippen LogP contribution < -0.4 is 5.32 Å². The second-order valence-corrected chi connectivity index (χ2v) is 4.97. The molecular weight excluding hydrogens is 268 g/mol. The smallest absolute Gasteiger partial charge is 0.339 e. The van der Waals surface area contributed by atoms with E-state index >= 15 is 0 Å². The third-order valence-electron chi connectivity index (χ3n) is 2.30. The lowest BCUT2D eigenvalue weighted by molar-refractivity contribution is 0.0697. The molecule has 106 valence electrons. The van der Waals surface area contributed by atoms with Crippen LogP contribution in [0.5, 0.6) is 0 Å². The predicted molar refractivity (Wildman–Crippen MR) is 75.0 cm³/mol. The number of hydrogen-bond donors (Lipinski definition) is 2. The zero-order valence-electron chi connectivity index (χ0n) is 11.1.